The molecule has 1 aliphatic rings. The molecule has 0 bridgehead atoms. The standard InChI is InChI=1S/C13H15F3O2/c14-10-2-1-9(12(15)13(10)16)11(17)7-8-3-5-18-6-4-8/h1-2,8,11,17H,3-7H2. The largest absolute Gasteiger partial charge is 0.388 e. The molecule has 0 radical (unpaired) electrons. The Labute approximate surface area is 103 Å². The van der Waals surface area contributed by atoms with Crippen LogP contribution < -0.4 is 0 Å². The molecule has 0 spiro atoms. The van der Waals surface area contributed by atoms with Crippen LogP contribution in [0.15, 0.2) is 12.1 Å². The fourth-order valence-electron chi connectivity index (χ4n) is 2.22. The number of ether oxygens (including phenoxy) is 1. The Balaban J connectivity index is 2.08. The summed E-state index contributed by atoms with van der Waals surface area (Å²) in [5, 5.41) is 9.90. The number of halogens is 3. The summed E-state index contributed by atoms with van der Waals surface area (Å²) in [6.07, 6.45) is 0.819. The van der Waals surface area contributed by atoms with Crippen molar-refractivity contribution in [1.82, 2.24) is 0 Å². The first-order valence-corrected chi connectivity index (χ1v) is 5.98. The van der Waals surface area contributed by atoms with Gasteiger partial charge in [-0.05, 0) is 31.2 Å². The van der Waals surface area contributed by atoms with E-state index in [-0.39, 0.29) is 11.5 Å². The van der Waals surface area contributed by atoms with Crippen molar-refractivity contribution in [2.45, 2.75) is 25.4 Å². The molecule has 18 heavy (non-hydrogen) atoms. The summed E-state index contributed by atoms with van der Waals surface area (Å²) < 4.78 is 44.5. The Morgan fingerprint density at radius 1 is 1.17 bits per heavy atom. The Hall–Kier alpha value is -1.07. The molecule has 1 heterocycles. The summed E-state index contributed by atoms with van der Waals surface area (Å²) in [6.45, 7) is 1.25. The van der Waals surface area contributed by atoms with Gasteiger partial charge in [0.15, 0.2) is 17.5 Å². The van der Waals surface area contributed by atoms with Gasteiger partial charge in [0.25, 0.3) is 0 Å². The minimum Gasteiger partial charge on any atom is -0.388 e. The van der Waals surface area contributed by atoms with Crippen molar-refractivity contribution in [2.75, 3.05) is 13.2 Å². The molecule has 5 heteroatoms. The molecule has 1 atom stereocenters. The van der Waals surface area contributed by atoms with Gasteiger partial charge in [-0.15, -0.1) is 0 Å². The first-order chi connectivity index (χ1) is 8.59. The first-order valence-electron chi connectivity index (χ1n) is 5.98. The summed E-state index contributed by atoms with van der Waals surface area (Å²) in [5.41, 5.74) is -0.180. The van der Waals surface area contributed by atoms with E-state index in [2.05, 4.69) is 0 Å². The lowest BCUT2D eigenvalue weighted by atomic mass is 9.91. The van der Waals surface area contributed by atoms with Crippen molar-refractivity contribution in [1.29, 1.82) is 0 Å². The molecule has 1 unspecified atom stereocenters. The predicted molar refractivity (Wildman–Crippen MR) is 59.4 cm³/mol. The molecule has 2 nitrogen and oxygen atoms in total. The van der Waals surface area contributed by atoms with Gasteiger partial charge in [0.05, 0.1) is 6.10 Å². The highest BCUT2D eigenvalue weighted by Gasteiger charge is 2.23. The molecule has 1 N–H and O–H groups in total. The van der Waals surface area contributed by atoms with Crippen LogP contribution in [0.5, 0.6) is 0 Å². The molecule has 0 saturated carbocycles. The number of aliphatic hydroxyl groups excluding tert-OH is 1. The highest BCUT2D eigenvalue weighted by molar-refractivity contribution is 5.22. The second-order valence-electron chi connectivity index (χ2n) is 4.57. The molecule has 0 aromatic heterocycles. The topological polar surface area (TPSA) is 29.5 Å². The zero-order chi connectivity index (χ0) is 13.1. The highest BCUT2D eigenvalue weighted by atomic mass is 19.2. The fourth-order valence-corrected chi connectivity index (χ4v) is 2.22. The summed E-state index contributed by atoms with van der Waals surface area (Å²) >= 11 is 0. The zero-order valence-corrected chi connectivity index (χ0v) is 9.83. The van der Waals surface area contributed by atoms with Gasteiger partial charge in [0, 0.05) is 18.8 Å². The Morgan fingerprint density at radius 2 is 1.83 bits per heavy atom. The van der Waals surface area contributed by atoms with Gasteiger partial charge in [-0.3, -0.25) is 0 Å². The van der Waals surface area contributed by atoms with E-state index in [1.807, 2.05) is 0 Å². The smallest absolute Gasteiger partial charge is 0.194 e. The van der Waals surface area contributed by atoms with Crippen molar-refractivity contribution in [2.24, 2.45) is 5.92 Å². The lowest BCUT2D eigenvalue weighted by molar-refractivity contribution is 0.0427. The van der Waals surface area contributed by atoms with E-state index < -0.39 is 23.6 Å². The molecule has 1 saturated heterocycles. The van der Waals surface area contributed by atoms with Crippen molar-refractivity contribution in [3.05, 3.63) is 35.1 Å². The van der Waals surface area contributed by atoms with Crippen LogP contribution in [0.3, 0.4) is 0 Å². The molecule has 1 aromatic rings. The van der Waals surface area contributed by atoms with E-state index in [1.54, 1.807) is 0 Å². The average Bonchev–Trinajstić information content (AvgIpc) is 2.37. The Kier molecular flexibility index (Phi) is 4.24. The summed E-state index contributed by atoms with van der Waals surface area (Å²) in [5.74, 6) is -3.84. The second-order valence-corrected chi connectivity index (χ2v) is 4.57. The van der Waals surface area contributed by atoms with Crippen LogP contribution in [-0.4, -0.2) is 18.3 Å². The van der Waals surface area contributed by atoms with E-state index in [1.165, 1.54) is 0 Å². The zero-order valence-electron chi connectivity index (χ0n) is 9.83. The summed E-state index contributed by atoms with van der Waals surface area (Å²) in [6, 6.07) is 1.93. The maximum atomic E-state index is 13.5. The number of aliphatic hydroxyl groups is 1. The molecule has 1 aliphatic heterocycles. The van der Waals surface area contributed by atoms with Crippen LogP contribution in [0.2, 0.25) is 0 Å². The second kappa shape index (κ2) is 5.71. The van der Waals surface area contributed by atoms with Gasteiger partial charge in [0.1, 0.15) is 0 Å². The third kappa shape index (κ3) is 2.84. The third-order valence-electron chi connectivity index (χ3n) is 3.32. The molecule has 2 rings (SSSR count). The predicted octanol–water partition coefficient (Wildman–Crippen LogP) is 2.95. The van der Waals surface area contributed by atoms with Crippen molar-refractivity contribution >= 4 is 0 Å². The maximum absolute atomic E-state index is 13.5. The van der Waals surface area contributed by atoms with E-state index in [4.69, 9.17) is 4.74 Å². The van der Waals surface area contributed by atoms with E-state index >= 15 is 0 Å². The summed E-state index contributed by atoms with van der Waals surface area (Å²) in [4.78, 5) is 0. The fraction of sp³-hybridized carbons (Fsp3) is 0.538. The Bertz CT molecular complexity index is 417. The van der Waals surface area contributed by atoms with Gasteiger partial charge in [-0.25, -0.2) is 13.2 Å². The van der Waals surface area contributed by atoms with Crippen LogP contribution in [0.25, 0.3) is 0 Å². The molecular weight excluding hydrogens is 245 g/mol. The Morgan fingerprint density at radius 3 is 2.50 bits per heavy atom. The minimum absolute atomic E-state index is 0.180. The highest BCUT2D eigenvalue weighted by Crippen LogP contribution is 2.30. The van der Waals surface area contributed by atoms with E-state index in [9.17, 15) is 18.3 Å². The quantitative estimate of drug-likeness (QED) is 0.847. The van der Waals surface area contributed by atoms with Crippen LogP contribution in [0.4, 0.5) is 13.2 Å². The monoisotopic (exact) mass is 260 g/mol. The molecule has 0 amide bonds. The van der Waals surface area contributed by atoms with Gasteiger partial charge in [0.2, 0.25) is 0 Å². The third-order valence-corrected chi connectivity index (χ3v) is 3.32. The number of hydrogen-bond acceptors (Lipinski definition) is 2. The number of benzene rings is 1. The van der Waals surface area contributed by atoms with Gasteiger partial charge >= 0.3 is 0 Å². The van der Waals surface area contributed by atoms with Crippen LogP contribution >= 0.6 is 0 Å². The van der Waals surface area contributed by atoms with Gasteiger partial charge in [-0.1, -0.05) is 6.07 Å². The average molecular weight is 260 g/mol. The number of hydrogen-bond donors (Lipinski definition) is 1. The molecular formula is C13H15F3O2. The van der Waals surface area contributed by atoms with Crippen molar-refractivity contribution in [3.8, 4) is 0 Å². The van der Waals surface area contributed by atoms with E-state index in [0.29, 0.717) is 19.6 Å². The summed E-state index contributed by atoms with van der Waals surface area (Å²) in [7, 11) is 0. The normalized spacial score (nSPS) is 18.9. The molecule has 1 fully saturated rings. The molecule has 100 valence electrons. The first kappa shape index (κ1) is 13.4. The lowest BCUT2D eigenvalue weighted by Crippen LogP contribution is -2.18. The maximum Gasteiger partial charge on any atom is 0.194 e. The SMILES string of the molecule is OC(CC1CCOCC1)c1ccc(F)c(F)c1F. The number of rotatable bonds is 3. The molecule has 0 aliphatic carbocycles. The van der Waals surface area contributed by atoms with Crippen LogP contribution in [-0.2, 0) is 4.74 Å². The van der Waals surface area contributed by atoms with Gasteiger partial charge < -0.3 is 9.84 Å². The minimum atomic E-state index is -1.53. The van der Waals surface area contributed by atoms with Crippen LogP contribution in [0.1, 0.15) is 30.9 Å². The van der Waals surface area contributed by atoms with Crippen molar-refractivity contribution in [3.63, 3.8) is 0 Å². The van der Waals surface area contributed by atoms with Crippen LogP contribution in [0, 0.1) is 23.4 Å². The lowest BCUT2D eigenvalue weighted by Gasteiger charge is -2.24. The van der Waals surface area contributed by atoms with Crippen molar-refractivity contribution < 1.29 is 23.0 Å². The molecule has 1 aromatic carbocycles. The van der Waals surface area contributed by atoms with Gasteiger partial charge in [-0.2, -0.15) is 0 Å². The van der Waals surface area contributed by atoms with E-state index in [0.717, 1.165) is 25.0 Å².